The van der Waals surface area contributed by atoms with Crippen molar-refractivity contribution in [2.45, 2.75) is 0 Å². The number of ether oxygens (including phenoxy) is 1. The van der Waals surface area contributed by atoms with Gasteiger partial charge in [0.1, 0.15) is 5.75 Å². The number of carbonyl (C=O) groups is 1. The molecule has 1 fully saturated rings. The summed E-state index contributed by atoms with van der Waals surface area (Å²) in [6.07, 6.45) is 0. The van der Waals surface area contributed by atoms with Gasteiger partial charge in [0.2, 0.25) is 5.91 Å². The molecule has 1 saturated heterocycles. The predicted molar refractivity (Wildman–Crippen MR) is 96.6 cm³/mol. The normalized spacial score (nSPS) is 14.9. The first-order chi connectivity index (χ1) is 13.0. The minimum absolute atomic E-state index is 0.0399. The number of nitrogens with zero attached hydrogens (tertiary/aromatic N) is 2. The van der Waals surface area contributed by atoms with Crippen molar-refractivity contribution >= 4 is 17.3 Å². The number of nitrogens with one attached hydrogen (secondary N) is 1. The number of benzene rings is 2. The fraction of sp³-hybridized carbons (Fsp3) is 0.316. The molecule has 2 aromatic rings. The van der Waals surface area contributed by atoms with Crippen LogP contribution in [0, 0.1) is 17.5 Å². The van der Waals surface area contributed by atoms with Crippen molar-refractivity contribution in [2.24, 2.45) is 0 Å². The van der Waals surface area contributed by atoms with Crippen molar-refractivity contribution in [3.05, 3.63) is 53.8 Å². The van der Waals surface area contributed by atoms with Crippen LogP contribution in [0.4, 0.5) is 24.5 Å². The molecule has 1 aliphatic heterocycles. The zero-order valence-corrected chi connectivity index (χ0v) is 14.8. The fourth-order valence-electron chi connectivity index (χ4n) is 3.05. The van der Waals surface area contributed by atoms with Gasteiger partial charge in [-0.2, -0.15) is 0 Å². The minimum Gasteiger partial charge on any atom is -0.495 e. The summed E-state index contributed by atoms with van der Waals surface area (Å²) in [6, 6.07) is 9.50. The molecule has 0 spiro atoms. The van der Waals surface area contributed by atoms with E-state index in [1.807, 2.05) is 29.2 Å². The Morgan fingerprint density at radius 3 is 2.44 bits per heavy atom. The number of carbonyl (C=O) groups excluding carboxylic acids is 1. The molecule has 2 aromatic carbocycles. The van der Waals surface area contributed by atoms with Crippen LogP contribution in [0.15, 0.2) is 36.4 Å². The number of halogens is 3. The van der Waals surface area contributed by atoms with Crippen molar-refractivity contribution in [1.29, 1.82) is 0 Å². The van der Waals surface area contributed by atoms with E-state index >= 15 is 0 Å². The lowest BCUT2D eigenvalue weighted by atomic mass is 10.2. The standard InChI is InChI=1S/C19H20F3N3O2/c1-27-16-5-3-2-4-15(16)25-10-8-24(9-11-25)12-17(26)23-14-7-6-13(20)18(21)19(14)22/h2-7H,8-12H2,1H3,(H,23,26). The molecular weight excluding hydrogens is 359 g/mol. The smallest absolute Gasteiger partial charge is 0.238 e. The summed E-state index contributed by atoms with van der Waals surface area (Å²) in [5.74, 6) is -3.98. The third-order valence-electron chi connectivity index (χ3n) is 4.47. The van der Waals surface area contributed by atoms with Gasteiger partial charge >= 0.3 is 0 Å². The summed E-state index contributed by atoms with van der Waals surface area (Å²) < 4.78 is 45.2. The van der Waals surface area contributed by atoms with E-state index in [-0.39, 0.29) is 12.2 Å². The summed E-state index contributed by atoms with van der Waals surface area (Å²) in [5.41, 5.74) is 0.625. The van der Waals surface area contributed by atoms with E-state index in [4.69, 9.17) is 4.74 Å². The van der Waals surface area contributed by atoms with Gasteiger partial charge in [0.05, 0.1) is 25.0 Å². The fourth-order valence-corrected chi connectivity index (χ4v) is 3.05. The third kappa shape index (κ3) is 4.33. The van der Waals surface area contributed by atoms with Crippen LogP contribution in [-0.2, 0) is 4.79 Å². The summed E-state index contributed by atoms with van der Waals surface area (Å²) in [6.45, 7) is 2.70. The highest BCUT2D eigenvalue weighted by molar-refractivity contribution is 5.92. The Labute approximate surface area is 155 Å². The quantitative estimate of drug-likeness (QED) is 0.812. The van der Waals surface area contributed by atoms with Gasteiger partial charge in [0, 0.05) is 26.2 Å². The van der Waals surface area contributed by atoms with Crippen LogP contribution in [-0.4, -0.2) is 50.6 Å². The monoisotopic (exact) mass is 379 g/mol. The summed E-state index contributed by atoms with van der Waals surface area (Å²) in [7, 11) is 1.62. The van der Waals surface area contributed by atoms with Crippen molar-refractivity contribution in [1.82, 2.24) is 4.90 Å². The summed E-state index contributed by atoms with van der Waals surface area (Å²) >= 11 is 0. The van der Waals surface area contributed by atoms with Gasteiger partial charge in [0.15, 0.2) is 17.5 Å². The van der Waals surface area contributed by atoms with Crippen LogP contribution in [0.3, 0.4) is 0 Å². The molecule has 0 aliphatic carbocycles. The first-order valence-electron chi connectivity index (χ1n) is 8.53. The number of piperazine rings is 1. The van der Waals surface area contributed by atoms with Gasteiger partial charge in [-0.1, -0.05) is 12.1 Å². The second-order valence-electron chi connectivity index (χ2n) is 6.21. The lowest BCUT2D eigenvalue weighted by Gasteiger charge is -2.36. The lowest BCUT2D eigenvalue weighted by Crippen LogP contribution is -2.48. The van der Waals surface area contributed by atoms with Crippen LogP contribution in [0.25, 0.3) is 0 Å². The molecule has 1 heterocycles. The maximum Gasteiger partial charge on any atom is 0.238 e. The number of anilines is 2. The Kier molecular flexibility index (Phi) is 5.85. The van der Waals surface area contributed by atoms with Gasteiger partial charge in [-0.25, -0.2) is 13.2 Å². The Morgan fingerprint density at radius 2 is 1.74 bits per heavy atom. The molecule has 5 nitrogen and oxygen atoms in total. The second kappa shape index (κ2) is 8.30. The molecule has 144 valence electrons. The highest BCUT2D eigenvalue weighted by Crippen LogP contribution is 2.28. The third-order valence-corrected chi connectivity index (χ3v) is 4.47. The number of methoxy groups -OCH3 is 1. The Morgan fingerprint density at radius 1 is 1.04 bits per heavy atom. The highest BCUT2D eigenvalue weighted by atomic mass is 19.2. The van der Waals surface area contributed by atoms with Gasteiger partial charge < -0.3 is 15.0 Å². The van der Waals surface area contributed by atoms with E-state index in [1.54, 1.807) is 7.11 Å². The van der Waals surface area contributed by atoms with Crippen LogP contribution in [0.2, 0.25) is 0 Å². The van der Waals surface area contributed by atoms with E-state index in [0.717, 1.165) is 23.6 Å². The van der Waals surface area contributed by atoms with Crippen molar-refractivity contribution < 1.29 is 22.7 Å². The van der Waals surface area contributed by atoms with E-state index in [2.05, 4.69) is 10.2 Å². The Balaban J connectivity index is 1.55. The number of rotatable bonds is 5. The van der Waals surface area contributed by atoms with Crippen molar-refractivity contribution in [3.63, 3.8) is 0 Å². The molecule has 1 N–H and O–H groups in total. The van der Waals surface area contributed by atoms with Gasteiger partial charge in [-0.3, -0.25) is 9.69 Å². The van der Waals surface area contributed by atoms with Crippen LogP contribution >= 0.6 is 0 Å². The maximum atomic E-state index is 13.6. The molecular formula is C19H20F3N3O2. The molecule has 8 heteroatoms. The summed E-state index contributed by atoms with van der Waals surface area (Å²) in [4.78, 5) is 16.2. The zero-order chi connectivity index (χ0) is 19.4. The average Bonchev–Trinajstić information content (AvgIpc) is 2.69. The highest BCUT2D eigenvalue weighted by Gasteiger charge is 2.22. The topological polar surface area (TPSA) is 44.8 Å². The van der Waals surface area contributed by atoms with Gasteiger partial charge in [-0.15, -0.1) is 0 Å². The molecule has 1 aliphatic rings. The number of hydrogen-bond acceptors (Lipinski definition) is 4. The molecule has 27 heavy (non-hydrogen) atoms. The van der Waals surface area contributed by atoms with E-state index in [1.165, 1.54) is 0 Å². The number of amides is 1. The molecule has 0 unspecified atom stereocenters. The first-order valence-corrected chi connectivity index (χ1v) is 8.53. The van der Waals surface area contributed by atoms with Crippen LogP contribution in [0.5, 0.6) is 5.75 Å². The van der Waals surface area contributed by atoms with E-state index in [0.29, 0.717) is 26.2 Å². The van der Waals surface area contributed by atoms with Crippen LogP contribution in [0.1, 0.15) is 0 Å². The minimum atomic E-state index is -1.60. The Hall–Kier alpha value is -2.74. The molecule has 0 atom stereocenters. The lowest BCUT2D eigenvalue weighted by molar-refractivity contribution is -0.117. The molecule has 0 bridgehead atoms. The molecule has 0 saturated carbocycles. The molecule has 0 radical (unpaired) electrons. The number of hydrogen-bond donors (Lipinski definition) is 1. The SMILES string of the molecule is COc1ccccc1N1CCN(CC(=O)Nc2ccc(F)c(F)c2F)CC1. The number of para-hydroxylation sites is 2. The summed E-state index contributed by atoms with van der Waals surface area (Å²) in [5, 5.41) is 2.29. The van der Waals surface area contributed by atoms with Crippen molar-refractivity contribution in [2.75, 3.05) is 50.1 Å². The van der Waals surface area contributed by atoms with Crippen molar-refractivity contribution in [3.8, 4) is 5.75 Å². The van der Waals surface area contributed by atoms with Gasteiger partial charge in [-0.05, 0) is 24.3 Å². The largest absolute Gasteiger partial charge is 0.495 e. The molecule has 3 rings (SSSR count). The average molecular weight is 379 g/mol. The predicted octanol–water partition coefficient (Wildman–Crippen LogP) is 2.87. The molecule has 0 aromatic heterocycles. The van der Waals surface area contributed by atoms with E-state index < -0.39 is 23.4 Å². The first kappa shape index (κ1) is 19.0. The molecule has 1 amide bonds. The second-order valence-corrected chi connectivity index (χ2v) is 6.21. The van der Waals surface area contributed by atoms with E-state index in [9.17, 15) is 18.0 Å². The zero-order valence-electron chi connectivity index (χ0n) is 14.8. The van der Waals surface area contributed by atoms with Gasteiger partial charge in [0.25, 0.3) is 0 Å². The Bertz CT molecular complexity index is 824. The van der Waals surface area contributed by atoms with Crippen LogP contribution < -0.4 is 15.0 Å². The maximum absolute atomic E-state index is 13.6.